The van der Waals surface area contributed by atoms with Gasteiger partial charge in [0.2, 0.25) is 0 Å². The molecule has 4 heteroatoms. The summed E-state index contributed by atoms with van der Waals surface area (Å²) in [6, 6.07) is 7.93. The Morgan fingerprint density at radius 1 is 1.58 bits per heavy atom. The number of benzene rings is 1. The molecule has 104 valence electrons. The lowest BCUT2D eigenvalue weighted by atomic mass is 9.81. The van der Waals surface area contributed by atoms with Gasteiger partial charge in [-0.2, -0.15) is 0 Å². The van der Waals surface area contributed by atoms with Gasteiger partial charge in [-0.25, -0.2) is 0 Å². The summed E-state index contributed by atoms with van der Waals surface area (Å²) in [5.41, 5.74) is 6.00. The highest BCUT2D eigenvalue weighted by molar-refractivity contribution is 5.78. The topological polar surface area (TPSA) is 72.5 Å². The molecule has 1 fully saturated rings. The molecular formula is C15H21NO3. The van der Waals surface area contributed by atoms with E-state index in [4.69, 9.17) is 10.5 Å². The summed E-state index contributed by atoms with van der Waals surface area (Å²) in [6.45, 7) is 2.09. The molecule has 0 bridgehead atoms. The molecule has 4 nitrogen and oxygen atoms in total. The second-order valence-electron chi connectivity index (χ2n) is 5.30. The maximum Gasteiger partial charge on any atom is 0.323 e. The zero-order valence-corrected chi connectivity index (χ0v) is 11.3. The van der Waals surface area contributed by atoms with Gasteiger partial charge in [0.1, 0.15) is 17.4 Å². The third-order valence-electron chi connectivity index (χ3n) is 3.78. The van der Waals surface area contributed by atoms with Crippen LogP contribution in [0.1, 0.15) is 38.2 Å². The fourth-order valence-corrected chi connectivity index (χ4v) is 2.58. The fourth-order valence-electron chi connectivity index (χ4n) is 2.58. The highest BCUT2D eigenvalue weighted by Gasteiger charge is 2.40. The predicted molar refractivity (Wildman–Crippen MR) is 73.3 cm³/mol. The molecule has 2 unspecified atom stereocenters. The molecule has 0 spiro atoms. The first-order chi connectivity index (χ1) is 9.03. The molecular weight excluding hydrogens is 242 g/mol. The van der Waals surface area contributed by atoms with Crippen LogP contribution in [0.25, 0.3) is 0 Å². The number of carbonyl (C=O) groups is 1. The molecule has 0 aliphatic heterocycles. The summed E-state index contributed by atoms with van der Waals surface area (Å²) < 4.78 is 5.90. The Morgan fingerprint density at radius 3 is 3.05 bits per heavy atom. The molecule has 1 aliphatic rings. The number of aliphatic carboxylic acids is 1. The van der Waals surface area contributed by atoms with Crippen molar-refractivity contribution in [3.63, 3.8) is 0 Å². The number of hydrogen-bond donors (Lipinski definition) is 2. The summed E-state index contributed by atoms with van der Waals surface area (Å²) in [6.07, 6.45) is 3.40. The van der Waals surface area contributed by atoms with Gasteiger partial charge in [-0.05, 0) is 43.4 Å². The molecule has 0 heterocycles. The largest absolute Gasteiger partial charge is 0.490 e. The third kappa shape index (κ3) is 3.26. The van der Waals surface area contributed by atoms with E-state index in [0.29, 0.717) is 12.8 Å². The summed E-state index contributed by atoms with van der Waals surface area (Å²) in [7, 11) is 0. The molecule has 19 heavy (non-hydrogen) atoms. The van der Waals surface area contributed by atoms with Crippen LogP contribution in [0.2, 0.25) is 0 Å². The maximum absolute atomic E-state index is 11.2. The van der Waals surface area contributed by atoms with E-state index in [1.54, 1.807) is 0 Å². The number of ether oxygens (including phenoxy) is 1. The van der Waals surface area contributed by atoms with E-state index in [1.807, 2.05) is 18.2 Å². The van der Waals surface area contributed by atoms with Gasteiger partial charge in [-0.3, -0.25) is 4.79 Å². The first-order valence-electron chi connectivity index (χ1n) is 6.81. The fraction of sp³-hybridized carbons (Fsp3) is 0.533. The van der Waals surface area contributed by atoms with Crippen LogP contribution >= 0.6 is 0 Å². The lowest BCUT2D eigenvalue weighted by molar-refractivity contribution is -0.145. The van der Waals surface area contributed by atoms with Crippen molar-refractivity contribution in [2.24, 2.45) is 5.73 Å². The Kier molecular flexibility index (Phi) is 4.10. The zero-order chi connectivity index (χ0) is 13.9. The zero-order valence-electron chi connectivity index (χ0n) is 11.3. The van der Waals surface area contributed by atoms with Gasteiger partial charge >= 0.3 is 5.97 Å². The van der Waals surface area contributed by atoms with Crippen molar-refractivity contribution in [3.8, 4) is 5.75 Å². The molecule has 1 aliphatic carbocycles. The van der Waals surface area contributed by atoms with Gasteiger partial charge in [0.05, 0.1) is 0 Å². The Bertz CT molecular complexity index is 460. The first kappa shape index (κ1) is 13.9. The molecule has 2 atom stereocenters. The number of rotatable bonds is 4. The van der Waals surface area contributed by atoms with Gasteiger partial charge in [0, 0.05) is 6.42 Å². The maximum atomic E-state index is 11.2. The van der Waals surface area contributed by atoms with Crippen LogP contribution in [0.15, 0.2) is 24.3 Å². The number of carboxylic acid groups (broad SMARTS) is 1. The van der Waals surface area contributed by atoms with Crippen molar-refractivity contribution >= 4 is 5.97 Å². The van der Waals surface area contributed by atoms with E-state index in [-0.39, 0.29) is 6.10 Å². The number of carboxylic acids is 1. The van der Waals surface area contributed by atoms with Crippen molar-refractivity contribution in [1.82, 2.24) is 0 Å². The van der Waals surface area contributed by atoms with Crippen LogP contribution < -0.4 is 10.5 Å². The van der Waals surface area contributed by atoms with E-state index < -0.39 is 11.5 Å². The minimum Gasteiger partial charge on any atom is -0.490 e. The number of hydrogen-bond acceptors (Lipinski definition) is 3. The molecule has 0 saturated heterocycles. The minimum atomic E-state index is -1.13. The molecule has 1 aromatic carbocycles. The van der Waals surface area contributed by atoms with Gasteiger partial charge in [0.25, 0.3) is 0 Å². The van der Waals surface area contributed by atoms with Crippen molar-refractivity contribution in [3.05, 3.63) is 29.8 Å². The lowest BCUT2D eigenvalue weighted by Crippen LogP contribution is -2.53. The highest BCUT2D eigenvalue weighted by atomic mass is 16.5. The molecule has 3 N–H and O–H groups in total. The molecule has 0 aromatic heterocycles. The van der Waals surface area contributed by atoms with Gasteiger partial charge in [-0.15, -0.1) is 0 Å². The van der Waals surface area contributed by atoms with Gasteiger partial charge in [0.15, 0.2) is 0 Å². The van der Waals surface area contributed by atoms with Crippen molar-refractivity contribution in [2.75, 3.05) is 0 Å². The van der Waals surface area contributed by atoms with E-state index in [2.05, 4.69) is 13.0 Å². The predicted octanol–water partition coefficient (Wildman–Crippen LogP) is 2.35. The quantitative estimate of drug-likeness (QED) is 0.874. The van der Waals surface area contributed by atoms with Crippen LogP contribution in [0.5, 0.6) is 5.75 Å². The summed E-state index contributed by atoms with van der Waals surface area (Å²) in [5, 5.41) is 9.18. The molecule has 0 radical (unpaired) electrons. The molecule has 1 saturated carbocycles. The van der Waals surface area contributed by atoms with Crippen molar-refractivity contribution in [2.45, 2.75) is 50.7 Å². The molecule has 2 rings (SSSR count). The lowest BCUT2D eigenvalue weighted by Gasteiger charge is -2.34. The first-order valence-corrected chi connectivity index (χ1v) is 6.81. The van der Waals surface area contributed by atoms with Crippen LogP contribution in [0, 0.1) is 0 Å². The molecule has 1 aromatic rings. The Labute approximate surface area is 113 Å². The number of nitrogens with two attached hydrogens (primary N) is 1. The normalized spacial score (nSPS) is 26.9. The van der Waals surface area contributed by atoms with Gasteiger partial charge in [-0.1, -0.05) is 19.1 Å². The van der Waals surface area contributed by atoms with E-state index in [9.17, 15) is 9.90 Å². The van der Waals surface area contributed by atoms with Gasteiger partial charge < -0.3 is 15.6 Å². The van der Waals surface area contributed by atoms with Crippen LogP contribution in [-0.4, -0.2) is 22.7 Å². The average Bonchev–Trinajstić information content (AvgIpc) is 2.39. The average molecular weight is 263 g/mol. The Balaban J connectivity index is 2.04. The molecule has 0 amide bonds. The second-order valence-corrected chi connectivity index (χ2v) is 5.30. The van der Waals surface area contributed by atoms with Crippen molar-refractivity contribution in [1.29, 1.82) is 0 Å². The Morgan fingerprint density at radius 2 is 2.37 bits per heavy atom. The Hall–Kier alpha value is -1.55. The minimum absolute atomic E-state index is 0.109. The van der Waals surface area contributed by atoms with E-state index >= 15 is 0 Å². The second kappa shape index (κ2) is 5.61. The summed E-state index contributed by atoms with van der Waals surface area (Å²) >= 11 is 0. The third-order valence-corrected chi connectivity index (χ3v) is 3.78. The van der Waals surface area contributed by atoms with Crippen molar-refractivity contribution < 1.29 is 14.6 Å². The SMILES string of the molecule is CCc1cccc(OC2CCCC(N)(C(=O)O)C2)c1. The van der Waals surface area contributed by atoms with Crippen LogP contribution in [-0.2, 0) is 11.2 Å². The van der Waals surface area contributed by atoms with Crippen LogP contribution in [0.3, 0.4) is 0 Å². The van der Waals surface area contributed by atoms with E-state index in [1.165, 1.54) is 5.56 Å². The summed E-state index contributed by atoms with van der Waals surface area (Å²) in [4.78, 5) is 11.2. The monoisotopic (exact) mass is 263 g/mol. The standard InChI is InChI=1S/C15H21NO3/c1-2-11-5-3-6-12(9-11)19-13-7-4-8-15(16,10-13)14(17)18/h3,5-6,9,13H,2,4,7-8,10,16H2,1H3,(H,17,18). The smallest absolute Gasteiger partial charge is 0.323 e. The van der Waals surface area contributed by atoms with E-state index in [0.717, 1.165) is 25.0 Å². The highest BCUT2D eigenvalue weighted by Crippen LogP contribution is 2.30. The van der Waals surface area contributed by atoms with Crippen LogP contribution in [0.4, 0.5) is 0 Å². The number of aryl methyl sites for hydroxylation is 1. The summed E-state index contributed by atoms with van der Waals surface area (Å²) in [5.74, 6) is -0.123.